The molecule has 0 amide bonds. The molecule has 1 atom stereocenters. The first-order valence-corrected chi connectivity index (χ1v) is 9.46. The van der Waals surface area contributed by atoms with Gasteiger partial charge in [-0.1, -0.05) is 26.7 Å². The molecule has 1 aromatic rings. The number of rotatable bonds is 6. The summed E-state index contributed by atoms with van der Waals surface area (Å²) in [6, 6.07) is 0. The molecule has 0 bridgehead atoms. The summed E-state index contributed by atoms with van der Waals surface area (Å²) in [5.74, 6) is 2.73. The summed E-state index contributed by atoms with van der Waals surface area (Å²) in [5, 5.41) is 8.06. The standard InChI is InChI=1S/C19H35N5.HI/c1-7-16(8-2)17-10-12-24(13-17)19(20-5)21-11-9-18-14(3)22-23(6)15(18)4;/h16-17H,7-13H2,1-6H3,(H,20,21);1H. The number of aliphatic imine (C=N–C) groups is 1. The van der Waals surface area contributed by atoms with Crippen LogP contribution in [0.3, 0.4) is 0 Å². The van der Waals surface area contributed by atoms with Gasteiger partial charge in [0, 0.05) is 39.4 Å². The van der Waals surface area contributed by atoms with E-state index in [-0.39, 0.29) is 24.0 Å². The highest BCUT2D eigenvalue weighted by atomic mass is 127. The molecular weight excluding hydrogens is 425 g/mol. The summed E-state index contributed by atoms with van der Waals surface area (Å²) in [4.78, 5) is 6.94. The Labute approximate surface area is 170 Å². The molecule has 1 unspecified atom stereocenters. The third kappa shape index (κ3) is 5.34. The third-order valence-corrected chi connectivity index (χ3v) is 5.77. The van der Waals surface area contributed by atoms with Gasteiger partial charge in [0.05, 0.1) is 5.69 Å². The molecule has 25 heavy (non-hydrogen) atoms. The molecule has 1 aliphatic heterocycles. The van der Waals surface area contributed by atoms with Crippen molar-refractivity contribution in [2.45, 2.75) is 53.4 Å². The monoisotopic (exact) mass is 461 g/mol. The minimum absolute atomic E-state index is 0. The number of aromatic nitrogens is 2. The van der Waals surface area contributed by atoms with Gasteiger partial charge in [0.25, 0.3) is 0 Å². The fraction of sp³-hybridized carbons (Fsp3) is 0.789. The SMILES string of the molecule is CCC(CC)C1CCN(C(=NC)NCCc2c(C)nn(C)c2C)C1.I. The largest absolute Gasteiger partial charge is 0.356 e. The van der Waals surface area contributed by atoms with Crippen molar-refractivity contribution >= 4 is 29.9 Å². The maximum atomic E-state index is 4.51. The van der Waals surface area contributed by atoms with Crippen LogP contribution in [-0.4, -0.2) is 47.3 Å². The Kier molecular flexibility index (Phi) is 9.24. The molecule has 1 fully saturated rings. The number of hydrogen-bond acceptors (Lipinski definition) is 2. The van der Waals surface area contributed by atoms with E-state index < -0.39 is 0 Å². The maximum absolute atomic E-state index is 4.51. The van der Waals surface area contributed by atoms with Gasteiger partial charge in [0.15, 0.2) is 5.96 Å². The Balaban J connectivity index is 0.00000312. The first-order valence-electron chi connectivity index (χ1n) is 9.46. The summed E-state index contributed by atoms with van der Waals surface area (Å²) in [7, 11) is 3.91. The molecule has 0 spiro atoms. The molecule has 0 radical (unpaired) electrons. The van der Waals surface area contributed by atoms with Crippen LogP contribution in [0.15, 0.2) is 4.99 Å². The number of nitrogens with one attached hydrogen (secondary N) is 1. The van der Waals surface area contributed by atoms with Crippen LogP contribution >= 0.6 is 24.0 Å². The Morgan fingerprint density at radius 2 is 2.00 bits per heavy atom. The van der Waals surface area contributed by atoms with Crippen molar-refractivity contribution in [2.75, 3.05) is 26.7 Å². The number of likely N-dealkylation sites (tertiary alicyclic amines) is 1. The lowest BCUT2D eigenvalue weighted by Crippen LogP contribution is -2.41. The van der Waals surface area contributed by atoms with Crippen LogP contribution in [0.2, 0.25) is 0 Å². The summed E-state index contributed by atoms with van der Waals surface area (Å²) >= 11 is 0. The molecule has 0 saturated carbocycles. The second kappa shape index (κ2) is 10.4. The molecule has 6 heteroatoms. The van der Waals surface area contributed by atoms with Crippen LogP contribution in [0.25, 0.3) is 0 Å². The predicted molar refractivity (Wildman–Crippen MR) is 117 cm³/mol. The lowest BCUT2D eigenvalue weighted by Gasteiger charge is -2.24. The molecule has 2 heterocycles. The average molecular weight is 461 g/mol. The highest BCUT2D eigenvalue weighted by Crippen LogP contribution is 2.28. The fourth-order valence-electron chi connectivity index (χ4n) is 4.13. The van der Waals surface area contributed by atoms with Gasteiger partial charge < -0.3 is 10.2 Å². The van der Waals surface area contributed by atoms with Crippen LogP contribution in [-0.2, 0) is 13.5 Å². The zero-order valence-electron chi connectivity index (χ0n) is 16.8. The van der Waals surface area contributed by atoms with E-state index in [9.17, 15) is 0 Å². The molecule has 0 aromatic carbocycles. The van der Waals surface area contributed by atoms with Gasteiger partial charge in [-0.2, -0.15) is 5.10 Å². The molecular formula is C19H36IN5. The molecule has 1 saturated heterocycles. The van der Waals surface area contributed by atoms with E-state index in [1.807, 2.05) is 18.8 Å². The van der Waals surface area contributed by atoms with Crippen molar-refractivity contribution in [3.05, 3.63) is 17.0 Å². The first-order chi connectivity index (χ1) is 11.5. The highest BCUT2D eigenvalue weighted by Gasteiger charge is 2.29. The molecule has 0 aliphatic carbocycles. The number of guanidine groups is 1. The molecule has 144 valence electrons. The minimum atomic E-state index is 0. The zero-order valence-corrected chi connectivity index (χ0v) is 19.1. The van der Waals surface area contributed by atoms with E-state index in [0.29, 0.717) is 0 Å². The quantitative estimate of drug-likeness (QED) is 0.401. The average Bonchev–Trinajstić information content (AvgIpc) is 3.13. The van der Waals surface area contributed by atoms with E-state index in [1.54, 1.807) is 0 Å². The van der Waals surface area contributed by atoms with Crippen molar-refractivity contribution in [3.8, 4) is 0 Å². The van der Waals surface area contributed by atoms with E-state index in [0.717, 1.165) is 49.5 Å². The number of aryl methyl sites for hydroxylation is 2. The van der Waals surface area contributed by atoms with Crippen LogP contribution in [0.1, 0.15) is 50.1 Å². The van der Waals surface area contributed by atoms with Gasteiger partial charge in [-0.25, -0.2) is 0 Å². The molecule has 1 aliphatic rings. The van der Waals surface area contributed by atoms with Gasteiger partial charge in [0.2, 0.25) is 0 Å². The van der Waals surface area contributed by atoms with E-state index in [4.69, 9.17) is 0 Å². The smallest absolute Gasteiger partial charge is 0.193 e. The lowest BCUT2D eigenvalue weighted by molar-refractivity contribution is 0.319. The Morgan fingerprint density at radius 1 is 1.32 bits per heavy atom. The normalized spacial score (nSPS) is 18.0. The fourth-order valence-corrected chi connectivity index (χ4v) is 4.13. The van der Waals surface area contributed by atoms with Crippen molar-refractivity contribution in [1.29, 1.82) is 0 Å². The van der Waals surface area contributed by atoms with Crippen LogP contribution in [0, 0.1) is 25.7 Å². The number of hydrogen-bond donors (Lipinski definition) is 1. The Hall–Kier alpha value is -0.790. The van der Waals surface area contributed by atoms with Crippen molar-refractivity contribution in [2.24, 2.45) is 23.9 Å². The molecule has 1 N–H and O–H groups in total. The summed E-state index contributed by atoms with van der Waals surface area (Å²) in [6.45, 7) is 12.1. The summed E-state index contributed by atoms with van der Waals surface area (Å²) in [6.07, 6.45) is 4.88. The first kappa shape index (κ1) is 22.3. The highest BCUT2D eigenvalue weighted by molar-refractivity contribution is 14.0. The summed E-state index contributed by atoms with van der Waals surface area (Å²) < 4.78 is 1.97. The topological polar surface area (TPSA) is 45.4 Å². The third-order valence-electron chi connectivity index (χ3n) is 5.77. The van der Waals surface area contributed by atoms with Gasteiger partial charge in [-0.05, 0) is 44.1 Å². The number of halogens is 1. The van der Waals surface area contributed by atoms with Crippen molar-refractivity contribution < 1.29 is 0 Å². The van der Waals surface area contributed by atoms with Gasteiger partial charge >= 0.3 is 0 Å². The van der Waals surface area contributed by atoms with Crippen LogP contribution in [0.4, 0.5) is 0 Å². The molecule has 2 rings (SSSR count). The van der Waals surface area contributed by atoms with Crippen molar-refractivity contribution in [1.82, 2.24) is 20.0 Å². The second-order valence-electron chi connectivity index (χ2n) is 7.07. The predicted octanol–water partition coefficient (Wildman–Crippen LogP) is 3.53. The van der Waals surface area contributed by atoms with E-state index in [1.165, 1.54) is 30.5 Å². The second-order valence-corrected chi connectivity index (χ2v) is 7.07. The Morgan fingerprint density at radius 3 is 2.52 bits per heavy atom. The lowest BCUT2D eigenvalue weighted by atomic mass is 9.87. The van der Waals surface area contributed by atoms with E-state index in [2.05, 4.69) is 48.0 Å². The molecule has 1 aromatic heterocycles. The minimum Gasteiger partial charge on any atom is -0.356 e. The number of nitrogens with zero attached hydrogens (tertiary/aromatic N) is 4. The van der Waals surface area contributed by atoms with E-state index >= 15 is 0 Å². The Bertz CT molecular complexity index is 562. The van der Waals surface area contributed by atoms with Crippen LogP contribution in [0.5, 0.6) is 0 Å². The van der Waals surface area contributed by atoms with Gasteiger partial charge in [-0.3, -0.25) is 9.67 Å². The van der Waals surface area contributed by atoms with Crippen molar-refractivity contribution in [3.63, 3.8) is 0 Å². The molecule has 5 nitrogen and oxygen atoms in total. The summed E-state index contributed by atoms with van der Waals surface area (Å²) in [5.41, 5.74) is 3.76. The van der Waals surface area contributed by atoms with Crippen LogP contribution < -0.4 is 5.32 Å². The maximum Gasteiger partial charge on any atom is 0.193 e. The zero-order chi connectivity index (χ0) is 17.7. The van der Waals surface area contributed by atoms with Gasteiger partial charge in [-0.15, -0.1) is 24.0 Å². The van der Waals surface area contributed by atoms with Gasteiger partial charge in [0.1, 0.15) is 0 Å².